The maximum atomic E-state index is 8.88. The van der Waals surface area contributed by atoms with E-state index in [1.807, 2.05) is 38.1 Å². The van der Waals surface area contributed by atoms with Crippen LogP contribution in [0.25, 0.3) is 0 Å². The van der Waals surface area contributed by atoms with Crippen molar-refractivity contribution in [3.63, 3.8) is 0 Å². The van der Waals surface area contributed by atoms with Crippen molar-refractivity contribution in [2.75, 3.05) is 19.0 Å². The summed E-state index contributed by atoms with van der Waals surface area (Å²) >= 11 is 0. The van der Waals surface area contributed by atoms with Gasteiger partial charge in [-0.15, -0.1) is 0 Å². The Bertz CT molecular complexity index is 376. The molecule has 3 heteroatoms. The van der Waals surface area contributed by atoms with Gasteiger partial charge in [-0.05, 0) is 51.0 Å². The molecule has 0 radical (unpaired) electrons. The zero-order valence-corrected chi connectivity index (χ0v) is 10.8. The van der Waals surface area contributed by atoms with Gasteiger partial charge in [-0.3, -0.25) is 0 Å². The first-order valence-corrected chi connectivity index (χ1v) is 5.86. The zero-order chi connectivity index (χ0) is 12.7. The van der Waals surface area contributed by atoms with E-state index in [-0.39, 0.29) is 5.41 Å². The van der Waals surface area contributed by atoms with Crippen molar-refractivity contribution in [3.8, 4) is 11.8 Å². The number of nitrogens with zero attached hydrogens (tertiary/aromatic N) is 1. The first-order valence-electron chi connectivity index (χ1n) is 5.86. The highest BCUT2D eigenvalue weighted by molar-refractivity contribution is 5.46. The van der Waals surface area contributed by atoms with Crippen LogP contribution < -0.4 is 10.1 Å². The Kier molecular flexibility index (Phi) is 4.84. The molecule has 0 saturated heterocycles. The number of anilines is 1. The van der Waals surface area contributed by atoms with Crippen LogP contribution in [0.2, 0.25) is 0 Å². The topological polar surface area (TPSA) is 45.0 Å². The summed E-state index contributed by atoms with van der Waals surface area (Å²) in [6, 6.07) is 10.2. The van der Waals surface area contributed by atoms with E-state index in [4.69, 9.17) is 10.00 Å². The van der Waals surface area contributed by atoms with E-state index in [2.05, 4.69) is 11.4 Å². The predicted molar refractivity (Wildman–Crippen MR) is 70.1 cm³/mol. The first-order chi connectivity index (χ1) is 8.07. The van der Waals surface area contributed by atoms with Gasteiger partial charge in [-0.2, -0.15) is 5.26 Å². The fourth-order valence-electron chi connectivity index (χ4n) is 1.53. The molecule has 0 amide bonds. The molecule has 0 spiro atoms. The lowest BCUT2D eigenvalue weighted by Crippen LogP contribution is -2.11. The Morgan fingerprint density at radius 2 is 1.94 bits per heavy atom. The van der Waals surface area contributed by atoms with Crippen LogP contribution in [0.5, 0.6) is 5.75 Å². The Labute approximate surface area is 103 Å². The molecule has 0 aliphatic heterocycles. The molecule has 0 aliphatic rings. The van der Waals surface area contributed by atoms with Gasteiger partial charge in [-0.1, -0.05) is 0 Å². The lowest BCUT2D eigenvalue weighted by molar-refractivity contribution is 0.415. The van der Waals surface area contributed by atoms with Gasteiger partial charge in [0.15, 0.2) is 0 Å². The highest BCUT2D eigenvalue weighted by atomic mass is 16.5. The minimum Gasteiger partial charge on any atom is -0.497 e. The number of methoxy groups -OCH3 is 1. The van der Waals surface area contributed by atoms with Gasteiger partial charge in [0, 0.05) is 12.2 Å². The van der Waals surface area contributed by atoms with Gasteiger partial charge in [-0.25, -0.2) is 0 Å². The van der Waals surface area contributed by atoms with E-state index < -0.39 is 0 Å². The molecule has 0 atom stereocenters. The molecule has 0 heterocycles. The summed E-state index contributed by atoms with van der Waals surface area (Å²) in [5, 5.41) is 12.2. The van der Waals surface area contributed by atoms with Crippen LogP contribution in [-0.4, -0.2) is 13.7 Å². The maximum Gasteiger partial charge on any atom is 0.119 e. The standard InChI is InChI=1S/C14H20N2O/c1-14(2,11-15)9-4-10-16-12-5-7-13(17-3)8-6-12/h5-8,16H,4,9-10H2,1-3H3. The fraction of sp³-hybridized carbons (Fsp3) is 0.500. The Hall–Kier alpha value is -1.69. The minimum atomic E-state index is -0.221. The molecule has 0 fully saturated rings. The molecule has 1 aromatic rings. The molecule has 92 valence electrons. The van der Waals surface area contributed by atoms with Crippen LogP contribution in [0.15, 0.2) is 24.3 Å². The summed E-state index contributed by atoms with van der Waals surface area (Å²) in [5.74, 6) is 0.862. The number of hydrogen-bond acceptors (Lipinski definition) is 3. The van der Waals surface area contributed by atoms with Crippen molar-refractivity contribution in [2.45, 2.75) is 26.7 Å². The minimum absolute atomic E-state index is 0.221. The van der Waals surface area contributed by atoms with E-state index in [1.54, 1.807) is 7.11 Å². The van der Waals surface area contributed by atoms with Gasteiger partial charge >= 0.3 is 0 Å². The van der Waals surface area contributed by atoms with E-state index in [1.165, 1.54) is 0 Å². The molecule has 0 saturated carbocycles. The van der Waals surface area contributed by atoms with Crippen LogP contribution in [0.4, 0.5) is 5.69 Å². The monoisotopic (exact) mass is 232 g/mol. The summed E-state index contributed by atoms with van der Waals surface area (Å²) in [6.07, 6.45) is 1.90. The average molecular weight is 232 g/mol. The van der Waals surface area contributed by atoms with E-state index in [9.17, 15) is 0 Å². The van der Waals surface area contributed by atoms with Crippen molar-refractivity contribution < 1.29 is 4.74 Å². The molecule has 1 N–H and O–H groups in total. The Morgan fingerprint density at radius 3 is 2.47 bits per heavy atom. The summed E-state index contributed by atoms with van der Waals surface area (Å²) < 4.78 is 5.09. The van der Waals surface area contributed by atoms with Crippen LogP contribution in [-0.2, 0) is 0 Å². The number of nitrogens with one attached hydrogen (secondary N) is 1. The smallest absolute Gasteiger partial charge is 0.119 e. The normalized spacial score (nSPS) is 10.7. The van der Waals surface area contributed by atoms with Gasteiger partial charge < -0.3 is 10.1 Å². The molecule has 0 unspecified atom stereocenters. The van der Waals surface area contributed by atoms with Crippen LogP contribution in [0, 0.1) is 16.7 Å². The van der Waals surface area contributed by atoms with Gasteiger partial charge in [0.25, 0.3) is 0 Å². The molecule has 1 aromatic carbocycles. The molecule has 0 aromatic heterocycles. The van der Waals surface area contributed by atoms with E-state index in [0.29, 0.717) is 0 Å². The highest BCUT2D eigenvalue weighted by Gasteiger charge is 2.15. The third-order valence-corrected chi connectivity index (χ3v) is 2.70. The van der Waals surface area contributed by atoms with Crippen LogP contribution in [0.1, 0.15) is 26.7 Å². The average Bonchev–Trinajstić information content (AvgIpc) is 2.35. The van der Waals surface area contributed by atoms with E-state index in [0.717, 1.165) is 30.8 Å². The molecule has 3 nitrogen and oxygen atoms in total. The molecule has 0 bridgehead atoms. The second-order valence-electron chi connectivity index (χ2n) is 4.75. The largest absolute Gasteiger partial charge is 0.497 e. The molecular weight excluding hydrogens is 212 g/mol. The third kappa shape index (κ3) is 4.78. The summed E-state index contributed by atoms with van der Waals surface area (Å²) in [7, 11) is 1.66. The zero-order valence-electron chi connectivity index (χ0n) is 10.8. The molecule has 0 aliphatic carbocycles. The maximum absolute atomic E-state index is 8.88. The SMILES string of the molecule is COc1ccc(NCCCC(C)(C)C#N)cc1. The van der Waals surface area contributed by atoms with Crippen molar-refractivity contribution in [2.24, 2.45) is 5.41 Å². The summed E-state index contributed by atoms with van der Waals surface area (Å²) in [4.78, 5) is 0. The van der Waals surface area contributed by atoms with Gasteiger partial charge in [0.1, 0.15) is 5.75 Å². The fourth-order valence-corrected chi connectivity index (χ4v) is 1.53. The Balaban J connectivity index is 2.29. The van der Waals surface area contributed by atoms with Crippen molar-refractivity contribution in [3.05, 3.63) is 24.3 Å². The Morgan fingerprint density at radius 1 is 1.29 bits per heavy atom. The number of ether oxygens (including phenoxy) is 1. The molecule has 17 heavy (non-hydrogen) atoms. The number of rotatable bonds is 6. The van der Waals surface area contributed by atoms with Gasteiger partial charge in [0.2, 0.25) is 0 Å². The second kappa shape index (κ2) is 6.15. The van der Waals surface area contributed by atoms with Crippen molar-refractivity contribution >= 4 is 5.69 Å². The lowest BCUT2D eigenvalue weighted by atomic mass is 9.90. The number of benzene rings is 1. The predicted octanol–water partition coefficient (Wildman–Crippen LogP) is 3.44. The second-order valence-corrected chi connectivity index (χ2v) is 4.75. The first kappa shape index (κ1) is 13.4. The summed E-state index contributed by atoms with van der Waals surface area (Å²) in [6.45, 7) is 4.83. The van der Waals surface area contributed by atoms with E-state index >= 15 is 0 Å². The van der Waals surface area contributed by atoms with Crippen molar-refractivity contribution in [1.29, 1.82) is 5.26 Å². The van der Waals surface area contributed by atoms with Crippen molar-refractivity contribution in [1.82, 2.24) is 0 Å². The number of hydrogen-bond donors (Lipinski definition) is 1. The highest BCUT2D eigenvalue weighted by Crippen LogP contribution is 2.21. The lowest BCUT2D eigenvalue weighted by Gasteiger charge is -2.15. The molecule has 1 rings (SSSR count). The van der Waals surface area contributed by atoms with Crippen LogP contribution >= 0.6 is 0 Å². The third-order valence-electron chi connectivity index (χ3n) is 2.70. The van der Waals surface area contributed by atoms with Crippen LogP contribution in [0.3, 0.4) is 0 Å². The summed E-state index contributed by atoms with van der Waals surface area (Å²) in [5.41, 5.74) is 0.863. The molecular formula is C14H20N2O. The quantitative estimate of drug-likeness (QED) is 0.764. The van der Waals surface area contributed by atoms with Gasteiger partial charge in [0.05, 0.1) is 18.6 Å². The number of nitriles is 1.